The lowest BCUT2D eigenvalue weighted by molar-refractivity contribution is -0.0162. The number of nitrogens with zero attached hydrogens (tertiary/aromatic N) is 4. The van der Waals surface area contributed by atoms with Crippen LogP contribution in [0.2, 0.25) is 0 Å². The largest absolute Gasteiger partial charge is 0.378 e. The summed E-state index contributed by atoms with van der Waals surface area (Å²) in [6.07, 6.45) is 2.89. The van der Waals surface area contributed by atoms with Crippen LogP contribution in [-0.4, -0.2) is 51.4 Å². The standard InChI is InChI=1S/C16H24N4O2/c1-13(2)11-14-12-22-10-9-18(14)7-8-20-16(21)19-6-4-3-5-15(19)17-20/h3-6,13-14H,7-12H2,1-2H3. The van der Waals surface area contributed by atoms with Crippen molar-refractivity contribution in [2.75, 3.05) is 26.3 Å². The number of hydrogen-bond donors (Lipinski definition) is 0. The number of morpholine rings is 1. The molecule has 120 valence electrons. The van der Waals surface area contributed by atoms with Gasteiger partial charge in [-0.15, -0.1) is 5.10 Å². The van der Waals surface area contributed by atoms with Gasteiger partial charge >= 0.3 is 5.69 Å². The maximum atomic E-state index is 12.3. The summed E-state index contributed by atoms with van der Waals surface area (Å²) in [5.74, 6) is 0.645. The minimum absolute atomic E-state index is 0.0655. The van der Waals surface area contributed by atoms with Crippen molar-refractivity contribution < 1.29 is 4.74 Å². The molecule has 0 spiro atoms. The lowest BCUT2D eigenvalue weighted by Crippen LogP contribution is -2.47. The van der Waals surface area contributed by atoms with Crippen LogP contribution in [0.4, 0.5) is 0 Å². The molecule has 3 heterocycles. The summed E-state index contributed by atoms with van der Waals surface area (Å²) in [5.41, 5.74) is 0.637. The Hall–Kier alpha value is -1.66. The summed E-state index contributed by atoms with van der Waals surface area (Å²) >= 11 is 0. The average molecular weight is 304 g/mol. The number of fused-ring (bicyclic) bond motifs is 1. The summed E-state index contributed by atoms with van der Waals surface area (Å²) in [5, 5.41) is 4.39. The second-order valence-electron chi connectivity index (χ2n) is 6.33. The van der Waals surface area contributed by atoms with E-state index in [2.05, 4.69) is 23.8 Å². The van der Waals surface area contributed by atoms with Crippen LogP contribution in [-0.2, 0) is 11.3 Å². The van der Waals surface area contributed by atoms with Crippen molar-refractivity contribution in [2.24, 2.45) is 5.92 Å². The Labute approximate surface area is 130 Å². The van der Waals surface area contributed by atoms with Crippen LogP contribution in [0.1, 0.15) is 20.3 Å². The molecule has 1 aliphatic rings. The van der Waals surface area contributed by atoms with E-state index in [1.54, 1.807) is 15.3 Å². The van der Waals surface area contributed by atoms with Gasteiger partial charge in [0.15, 0.2) is 5.65 Å². The first-order valence-electron chi connectivity index (χ1n) is 8.01. The fourth-order valence-corrected chi connectivity index (χ4v) is 3.08. The van der Waals surface area contributed by atoms with Gasteiger partial charge in [0.05, 0.1) is 19.8 Å². The molecule has 1 atom stereocenters. The fourth-order valence-electron chi connectivity index (χ4n) is 3.08. The third-order valence-electron chi connectivity index (χ3n) is 4.18. The van der Waals surface area contributed by atoms with Gasteiger partial charge < -0.3 is 4.74 Å². The first-order chi connectivity index (χ1) is 10.6. The normalized spacial score (nSPS) is 20.0. The smallest absolute Gasteiger partial charge is 0.350 e. The SMILES string of the molecule is CC(C)CC1COCCN1CCn1nc2ccccn2c1=O. The van der Waals surface area contributed by atoms with E-state index in [9.17, 15) is 4.79 Å². The van der Waals surface area contributed by atoms with Gasteiger partial charge in [0.2, 0.25) is 0 Å². The van der Waals surface area contributed by atoms with Crippen LogP contribution < -0.4 is 5.69 Å². The maximum absolute atomic E-state index is 12.3. The third-order valence-corrected chi connectivity index (χ3v) is 4.18. The highest BCUT2D eigenvalue weighted by Gasteiger charge is 2.23. The molecular weight excluding hydrogens is 280 g/mol. The molecule has 0 N–H and O–H groups in total. The van der Waals surface area contributed by atoms with E-state index in [-0.39, 0.29) is 5.69 Å². The van der Waals surface area contributed by atoms with Gasteiger partial charge in [-0.2, -0.15) is 0 Å². The lowest BCUT2D eigenvalue weighted by atomic mass is 10.0. The minimum atomic E-state index is -0.0655. The van der Waals surface area contributed by atoms with Crippen molar-refractivity contribution in [1.82, 2.24) is 19.1 Å². The molecule has 1 saturated heterocycles. The molecule has 6 heteroatoms. The van der Waals surface area contributed by atoms with Crippen molar-refractivity contribution in [3.8, 4) is 0 Å². The van der Waals surface area contributed by atoms with Gasteiger partial charge in [-0.05, 0) is 24.5 Å². The fraction of sp³-hybridized carbons (Fsp3) is 0.625. The summed E-state index contributed by atoms with van der Waals surface area (Å²) in [7, 11) is 0. The molecule has 0 radical (unpaired) electrons. The van der Waals surface area contributed by atoms with Crippen LogP contribution in [0, 0.1) is 5.92 Å². The Balaban J connectivity index is 1.69. The predicted molar refractivity (Wildman–Crippen MR) is 85.1 cm³/mol. The highest BCUT2D eigenvalue weighted by Crippen LogP contribution is 2.15. The molecule has 2 aromatic rings. The highest BCUT2D eigenvalue weighted by atomic mass is 16.5. The molecular formula is C16H24N4O2. The van der Waals surface area contributed by atoms with Gasteiger partial charge in [0.1, 0.15) is 0 Å². The molecule has 0 saturated carbocycles. The predicted octanol–water partition coefficient (Wildman–Crippen LogP) is 1.24. The van der Waals surface area contributed by atoms with Crippen LogP contribution in [0.5, 0.6) is 0 Å². The topological polar surface area (TPSA) is 51.8 Å². The van der Waals surface area contributed by atoms with Gasteiger partial charge in [-0.1, -0.05) is 19.9 Å². The summed E-state index contributed by atoms with van der Waals surface area (Å²) in [6, 6.07) is 6.05. The third kappa shape index (κ3) is 3.23. The van der Waals surface area contributed by atoms with Crippen LogP contribution in [0.3, 0.4) is 0 Å². The van der Waals surface area contributed by atoms with Gasteiger partial charge in [0, 0.05) is 25.3 Å². The molecule has 6 nitrogen and oxygen atoms in total. The zero-order valence-electron chi connectivity index (χ0n) is 13.3. The number of rotatable bonds is 5. The summed E-state index contributed by atoms with van der Waals surface area (Å²) in [4.78, 5) is 14.7. The maximum Gasteiger partial charge on any atom is 0.350 e. The Morgan fingerprint density at radius 2 is 2.23 bits per heavy atom. The van der Waals surface area contributed by atoms with Crippen LogP contribution in [0.25, 0.3) is 5.65 Å². The van der Waals surface area contributed by atoms with E-state index in [1.165, 1.54) is 0 Å². The highest BCUT2D eigenvalue weighted by molar-refractivity contribution is 5.35. The molecule has 3 rings (SSSR count). The Kier molecular flexibility index (Phi) is 4.59. The van der Waals surface area contributed by atoms with Gasteiger partial charge in [-0.3, -0.25) is 9.30 Å². The van der Waals surface area contributed by atoms with E-state index in [4.69, 9.17) is 4.74 Å². The monoisotopic (exact) mass is 304 g/mol. The number of pyridine rings is 1. The zero-order valence-corrected chi connectivity index (χ0v) is 13.3. The molecule has 0 bridgehead atoms. The van der Waals surface area contributed by atoms with Crippen molar-refractivity contribution in [3.63, 3.8) is 0 Å². The van der Waals surface area contributed by atoms with E-state index in [0.717, 1.165) is 32.7 Å². The van der Waals surface area contributed by atoms with Crippen molar-refractivity contribution in [2.45, 2.75) is 32.9 Å². The molecule has 0 amide bonds. The first kappa shape index (κ1) is 15.2. The van der Waals surface area contributed by atoms with Crippen molar-refractivity contribution in [1.29, 1.82) is 0 Å². The second-order valence-corrected chi connectivity index (χ2v) is 6.33. The Morgan fingerprint density at radius 3 is 3.00 bits per heavy atom. The number of hydrogen-bond acceptors (Lipinski definition) is 4. The second kappa shape index (κ2) is 6.62. The minimum Gasteiger partial charge on any atom is -0.378 e. The van der Waals surface area contributed by atoms with E-state index in [0.29, 0.717) is 24.2 Å². The lowest BCUT2D eigenvalue weighted by Gasteiger charge is -2.36. The van der Waals surface area contributed by atoms with E-state index in [1.807, 2.05) is 18.2 Å². The van der Waals surface area contributed by atoms with Gasteiger partial charge in [0.25, 0.3) is 0 Å². The number of ether oxygens (including phenoxy) is 1. The zero-order chi connectivity index (χ0) is 15.5. The van der Waals surface area contributed by atoms with Crippen LogP contribution in [0.15, 0.2) is 29.2 Å². The van der Waals surface area contributed by atoms with E-state index >= 15 is 0 Å². The average Bonchev–Trinajstić information content (AvgIpc) is 2.83. The Morgan fingerprint density at radius 1 is 1.36 bits per heavy atom. The molecule has 1 fully saturated rings. The molecule has 2 aromatic heterocycles. The van der Waals surface area contributed by atoms with Crippen LogP contribution >= 0.6 is 0 Å². The Bertz CT molecular complexity index is 676. The summed E-state index contributed by atoms with van der Waals surface area (Å²) < 4.78 is 8.76. The molecule has 0 aliphatic carbocycles. The molecule has 22 heavy (non-hydrogen) atoms. The molecule has 1 unspecified atom stereocenters. The van der Waals surface area contributed by atoms with Crippen molar-refractivity contribution >= 4 is 5.65 Å². The van der Waals surface area contributed by atoms with E-state index < -0.39 is 0 Å². The number of aromatic nitrogens is 3. The molecule has 0 aromatic carbocycles. The van der Waals surface area contributed by atoms with Gasteiger partial charge in [-0.25, -0.2) is 9.48 Å². The van der Waals surface area contributed by atoms with Crippen molar-refractivity contribution in [3.05, 3.63) is 34.9 Å². The molecule has 1 aliphatic heterocycles. The summed E-state index contributed by atoms with van der Waals surface area (Å²) in [6.45, 7) is 8.42. The quantitative estimate of drug-likeness (QED) is 0.834. The first-order valence-corrected chi connectivity index (χ1v) is 8.01.